The van der Waals surface area contributed by atoms with Gasteiger partial charge in [-0.3, -0.25) is 10.1 Å². The van der Waals surface area contributed by atoms with Gasteiger partial charge in [0.05, 0.1) is 11.3 Å². The molecule has 0 spiro atoms. The van der Waals surface area contributed by atoms with Crippen molar-refractivity contribution in [3.8, 4) is 0 Å². The molecule has 0 saturated heterocycles. The summed E-state index contributed by atoms with van der Waals surface area (Å²) in [6.07, 6.45) is 2.37. The number of amides is 1. The first-order valence-electron chi connectivity index (χ1n) is 6.54. The lowest BCUT2D eigenvalue weighted by Gasteiger charge is -2.15. The molecule has 1 aliphatic rings. The van der Waals surface area contributed by atoms with Crippen LogP contribution in [0.4, 0.5) is 13.9 Å². The normalized spacial score (nSPS) is 16.6. The Labute approximate surface area is 136 Å². The van der Waals surface area contributed by atoms with Crippen molar-refractivity contribution >= 4 is 34.8 Å². The number of rotatable bonds is 2. The molecule has 0 aliphatic heterocycles. The second kappa shape index (κ2) is 6.68. The summed E-state index contributed by atoms with van der Waals surface area (Å²) in [6.45, 7) is 0. The van der Waals surface area contributed by atoms with Crippen LogP contribution in [-0.4, -0.2) is 16.9 Å². The summed E-state index contributed by atoms with van der Waals surface area (Å²) in [5, 5.41) is 2.91. The second-order valence-corrected chi connectivity index (χ2v) is 6.03. The van der Waals surface area contributed by atoms with Gasteiger partial charge in [0.1, 0.15) is 0 Å². The summed E-state index contributed by atoms with van der Waals surface area (Å²) in [4.78, 5) is 17.4. The van der Waals surface area contributed by atoms with Crippen molar-refractivity contribution in [2.75, 3.05) is 5.32 Å². The van der Waals surface area contributed by atoms with Gasteiger partial charge in [0, 0.05) is 10.9 Å². The molecule has 0 unspecified atom stereocenters. The van der Waals surface area contributed by atoms with Gasteiger partial charge in [0.15, 0.2) is 16.8 Å². The van der Waals surface area contributed by atoms with Crippen LogP contribution in [0.1, 0.15) is 27.3 Å². The van der Waals surface area contributed by atoms with Gasteiger partial charge in [0.25, 0.3) is 5.91 Å². The Bertz CT molecular complexity index is 707. The predicted octanol–water partition coefficient (Wildman–Crippen LogP) is 2.91. The average Bonchev–Trinajstić information content (AvgIpc) is 2.83. The first kappa shape index (κ1) is 16.8. The quantitative estimate of drug-likeness (QED) is 0.879. The summed E-state index contributed by atoms with van der Waals surface area (Å²) in [5.41, 5.74) is 6.48. The molecule has 1 aromatic heterocycles. The molecule has 1 atom stereocenters. The molecule has 0 radical (unpaired) electrons. The molecule has 1 aromatic carbocycles. The van der Waals surface area contributed by atoms with Crippen LogP contribution in [0.3, 0.4) is 0 Å². The number of hydrogen-bond acceptors (Lipinski definition) is 4. The van der Waals surface area contributed by atoms with Crippen molar-refractivity contribution in [2.45, 2.75) is 25.3 Å². The topological polar surface area (TPSA) is 68.0 Å². The highest BCUT2D eigenvalue weighted by Gasteiger charge is 2.22. The van der Waals surface area contributed by atoms with Crippen LogP contribution in [0.5, 0.6) is 0 Å². The number of aromatic nitrogens is 1. The first-order chi connectivity index (χ1) is 10.0. The first-order valence-corrected chi connectivity index (χ1v) is 7.36. The third kappa shape index (κ3) is 3.26. The second-order valence-electron chi connectivity index (χ2n) is 4.95. The van der Waals surface area contributed by atoms with Crippen molar-refractivity contribution in [2.24, 2.45) is 5.73 Å². The maximum atomic E-state index is 13.6. The summed E-state index contributed by atoms with van der Waals surface area (Å²) in [5.74, 6) is -2.91. The summed E-state index contributed by atoms with van der Waals surface area (Å²) in [7, 11) is 0. The van der Waals surface area contributed by atoms with Gasteiger partial charge in [-0.1, -0.05) is 6.07 Å². The van der Waals surface area contributed by atoms with E-state index in [0.29, 0.717) is 5.13 Å². The molecular weight excluding hydrogens is 332 g/mol. The van der Waals surface area contributed by atoms with Crippen molar-refractivity contribution in [1.82, 2.24) is 4.98 Å². The van der Waals surface area contributed by atoms with Crippen LogP contribution in [0.15, 0.2) is 18.2 Å². The number of aryl methyl sites for hydroxylation is 1. The van der Waals surface area contributed by atoms with Crippen LogP contribution in [0.2, 0.25) is 0 Å². The Kier molecular flexibility index (Phi) is 5.10. The monoisotopic (exact) mass is 345 g/mol. The van der Waals surface area contributed by atoms with E-state index < -0.39 is 17.5 Å². The minimum Gasteiger partial charge on any atom is -0.327 e. The van der Waals surface area contributed by atoms with E-state index in [2.05, 4.69) is 10.3 Å². The number of benzene rings is 1. The highest BCUT2D eigenvalue weighted by Crippen LogP contribution is 2.29. The minimum atomic E-state index is -1.15. The highest BCUT2D eigenvalue weighted by atomic mass is 35.5. The molecule has 0 fully saturated rings. The van der Waals surface area contributed by atoms with E-state index in [9.17, 15) is 13.6 Å². The molecule has 0 bridgehead atoms. The molecule has 1 aliphatic carbocycles. The van der Waals surface area contributed by atoms with E-state index in [-0.39, 0.29) is 24.0 Å². The molecule has 2 aromatic rings. The van der Waals surface area contributed by atoms with E-state index in [1.54, 1.807) is 0 Å². The third-order valence-corrected chi connectivity index (χ3v) is 4.43. The maximum Gasteiger partial charge on any atom is 0.260 e. The lowest BCUT2D eigenvalue weighted by Crippen LogP contribution is -2.27. The van der Waals surface area contributed by atoms with Crippen LogP contribution in [0, 0.1) is 11.6 Å². The van der Waals surface area contributed by atoms with E-state index in [4.69, 9.17) is 5.73 Å². The number of nitrogens with two attached hydrogens (primary N) is 1. The lowest BCUT2D eigenvalue weighted by atomic mass is 9.99. The Hall–Kier alpha value is -1.57. The van der Waals surface area contributed by atoms with Crippen LogP contribution in [0.25, 0.3) is 0 Å². The standard InChI is InChI=1S/C14H13F2N3OS.ClH/c15-9-3-1-2-8(12(9)16)13(20)19-14-18-10-5-4-7(17)6-11(10)21-14;/h1-3,7H,4-6,17H2,(H,18,19,20);1H/t7-;/m0./s1. The number of anilines is 1. The molecule has 3 rings (SSSR count). The van der Waals surface area contributed by atoms with Gasteiger partial charge in [-0.25, -0.2) is 13.8 Å². The fraction of sp³-hybridized carbons (Fsp3) is 0.286. The van der Waals surface area contributed by atoms with Crippen LogP contribution in [-0.2, 0) is 12.8 Å². The van der Waals surface area contributed by atoms with Crippen molar-refractivity contribution < 1.29 is 13.6 Å². The van der Waals surface area contributed by atoms with Gasteiger partial charge < -0.3 is 5.73 Å². The number of carbonyl (C=O) groups excluding carboxylic acids is 1. The molecule has 0 saturated carbocycles. The van der Waals surface area contributed by atoms with Gasteiger partial charge in [-0.2, -0.15) is 0 Å². The van der Waals surface area contributed by atoms with E-state index in [0.717, 1.165) is 35.9 Å². The number of halogens is 3. The van der Waals surface area contributed by atoms with Gasteiger partial charge in [-0.15, -0.1) is 23.7 Å². The summed E-state index contributed by atoms with van der Waals surface area (Å²) < 4.78 is 26.7. The SMILES string of the molecule is Cl.N[C@H]1CCc2nc(NC(=O)c3cccc(F)c3F)sc2C1. The van der Waals surface area contributed by atoms with Crippen molar-refractivity contribution in [1.29, 1.82) is 0 Å². The Balaban J connectivity index is 0.00000176. The molecule has 118 valence electrons. The molecule has 3 N–H and O–H groups in total. The third-order valence-electron chi connectivity index (χ3n) is 3.39. The number of fused-ring (bicyclic) bond motifs is 1. The number of thiazole rings is 1. The fourth-order valence-electron chi connectivity index (χ4n) is 2.30. The lowest BCUT2D eigenvalue weighted by molar-refractivity contribution is 0.102. The van der Waals surface area contributed by atoms with Crippen molar-refractivity contribution in [3.63, 3.8) is 0 Å². The number of hydrogen-bond donors (Lipinski definition) is 2. The fourth-order valence-corrected chi connectivity index (χ4v) is 3.39. The number of nitrogens with zero attached hydrogens (tertiary/aromatic N) is 1. The highest BCUT2D eigenvalue weighted by molar-refractivity contribution is 7.15. The zero-order chi connectivity index (χ0) is 15.0. The molecule has 4 nitrogen and oxygen atoms in total. The maximum absolute atomic E-state index is 13.6. The van der Waals surface area contributed by atoms with E-state index >= 15 is 0 Å². The van der Waals surface area contributed by atoms with Gasteiger partial charge in [0.2, 0.25) is 0 Å². The van der Waals surface area contributed by atoms with Crippen LogP contribution >= 0.6 is 23.7 Å². The zero-order valence-electron chi connectivity index (χ0n) is 11.4. The largest absolute Gasteiger partial charge is 0.327 e. The minimum absolute atomic E-state index is 0. The Morgan fingerprint density at radius 3 is 2.95 bits per heavy atom. The van der Waals surface area contributed by atoms with Gasteiger partial charge in [-0.05, 0) is 31.4 Å². The Morgan fingerprint density at radius 1 is 1.41 bits per heavy atom. The van der Waals surface area contributed by atoms with Crippen molar-refractivity contribution in [3.05, 3.63) is 46.0 Å². The number of carbonyl (C=O) groups is 1. The molecule has 1 amide bonds. The molecule has 8 heteroatoms. The average molecular weight is 346 g/mol. The smallest absolute Gasteiger partial charge is 0.260 e. The summed E-state index contributed by atoms with van der Waals surface area (Å²) in [6, 6.07) is 3.61. The van der Waals surface area contributed by atoms with E-state index in [1.165, 1.54) is 23.5 Å². The predicted molar refractivity (Wildman–Crippen MR) is 83.7 cm³/mol. The van der Waals surface area contributed by atoms with E-state index in [1.807, 2.05) is 0 Å². The van der Waals surface area contributed by atoms with Crippen LogP contribution < -0.4 is 11.1 Å². The van der Waals surface area contributed by atoms with Gasteiger partial charge >= 0.3 is 0 Å². The molecule has 1 heterocycles. The summed E-state index contributed by atoms with van der Waals surface area (Å²) >= 11 is 1.33. The Morgan fingerprint density at radius 2 is 2.18 bits per heavy atom. The molecule has 22 heavy (non-hydrogen) atoms. The zero-order valence-corrected chi connectivity index (χ0v) is 13.1. The molecular formula is C14H14ClF2N3OS. The number of nitrogens with one attached hydrogen (secondary N) is 1.